The number of fused-ring (bicyclic) bond motifs is 1. The number of carbonyl (C=O) groups is 1. The molecule has 1 N–H and O–H groups in total. The average Bonchev–Trinajstić information content (AvgIpc) is 2.86. The molecule has 0 unspecified atom stereocenters. The summed E-state index contributed by atoms with van der Waals surface area (Å²) in [5.74, 6) is -0.0572. The van der Waals surface area contributed by atoms with E-state index in [0.717, 1.165) is 27.5 Å². The van der Waals surface area contributed by atoms with Crippen LogP contribution in [0.4, 0.5) is 5.69 Å². The Morgan fingerprint density at radius 3 is 2.17 bits per heavy atom. The van der Waals surface area contributed by atoms with Crippen molar-refractivity contribution in [2.45, 2.75) is 38.1 Å². The first-order valence-electron chi connectivity index (χ1n) is 11.7. The minimum Gasteiger partial charge on any atom is -0.350 e. The first-order chi connectivity index (χ1) is 16.7. The molecule has 0 aliphatic rings. The van der Waals surface area contributed by atoms with Gasteiger partial charge in [-0.25, -0.2) is 8.42 Å². The monoisotopic (exact) mass is 486 g/mol. The fourth-order valence-corrected chi connectivity index (χ4v) is 5.33. The van der Waals surface area contributed by atoms with Gasteiger partial charge < -0.3 is 5.32 Å². The zero-order valence-electron chi connectivity index (χ0n) is 20.2. The molecule has 1 amide bonds. The lowest BCUT2D eigenvalue weighted by molar-refractivity contribution is -0.119. The van der Waals surface area contributed by atoms with Crippen LogP contribution in [0.3, 0.4) is 0 Å². The molecule has 0 spiro atoms. The van der Waals surface area contributed by atoms with Crippen LogP contribution >= 0.6 is 0 Å². The number of benzene rings is 4. The van der Waals surface area contributed by atoms with Gasteiger partial charge in [0.2, 0.25) is 5.91 Å². The Morgan fingerprint density at radius 1 is 0.857 bits per heavy atom. The fourth-order valence-electron chi connectivity index (χ4n) is 3.91. The van der Waals surface area contributed by atoms with E-state index in [0.29, 0.717) is 18.2 Å². The molecule has 0 radical (unpaired) electrons. The van der Waals surface area contributed by atoms with Gasteiger partial charge in [0.15, 0.2) is 0 Å². The van der Waals surface area contributed by atoms with Crippen molar-refractivity contribution in [1.29, 1.82) is 0 Å². The maximum absolute atomic E-state index is 13.6. The van der Waals surface area contributed by atoms with Crippen molar-refractivity contribution in [1.82, 2.24) is 5.32 Å². The molecule has 0 aliphatic carbocycles. The Morgan fingerprint density at radius 2 is 1.51 bits per heavy atom. The summed E-state index contributed by atoms with van der Waals surface area (Å²) in [5, 5.41) is 5.10. The summed E-state index contributed by atoms with van der Waals surface area (Å²) in [4.78, 5) is 13.1. The topological polar surface area (TPSA) is 66.5 Å². The Labute approximate surface area is 207 Å². The zero-order valence-corrected chi connectivity index (χ0v) is 21.0. The predicted octanol–water partition coefficient (Wildman–Crippen LogP) is 5.78. The quantitative estimate of drug-likeness (QED) is 0.343. The van der Waals surface area contributed by atoms with Crippen LogP contribution in [-0.2, 0) is 21.4 Å². The molecule has 35 heavy (non-hydrogen) atoms. The molecule has 0 bridgehead atoms. The molecule has 4 aromatic rings. The van der Waals surface area contributed by atoms with E-state index in [2.05, 4.69) is 19.2 Å². The van der Waals surface area contributed by atoms with Gasteiger partial charge in [-0.1, -0.05) is 80.1 Å². The fraction of sp³-hybridized carbons (Fsp3) is 0.207. The number of hydrogen-bond acceptors (Lipinski definition) is 3. The van der Waals surface area contributed by atoms with Gasteiger partial charge in [-0.15, -0.1) is 0 Å². The molecule has 0 aliphatic heterocycles. The van der Waals surface area contributed by atoms with Crippen LogP contribution in [0.15, 0.2) is 95.9 Å². The van der Waals surface area contributed by atoms with Crippen LogP contribution in [-0.4, -0.2) is 20.9 Å². The molecule has 0 fully saturated rings. The van der Waals surface area contributed by atoms with E-state index in [4.69, 9.17) is 0 Å². The molecule has 0 atom stereocenters. The van der Waals surface area contributed by atoms with Crippen molar-refractivity contribution in [3.05, 3.63) is 108 Å². The Hall–Kier alpha value is -3.64. The van der Waals surface area contributed by atoms with Crippen molar-refractivity contribution >= 4 is 32.4 Å². The van der Waals surface area contributed by atoms with E-state index in [1.807, 2.05) is 61.5 Å². The largest absolute Gasteiger partial charge is 0.350 e. The van der Waals surface area contributed by atoms with Gasteiger partial charge in [-0.05, 0) is 65.1 Å². The number of rotatable bonds is 8. The van der Waals surface area contributed by atoms with E-state index in [1.54, 1.807) is 36.4 Å². The van der Waals surface area contributed by atoms with E-state index in [-0.39, 0.29) is 17.3 Å². The van der Waals surface area contributed by atoms with Gasteiger partial charge in [-0.3, -0.25) is 9.10 Å². The van der Waals surface area contributed by atoms with Gasteiger partial charge >= 0.3 is 0 Å². The SMILES string of the molecule is Cc1ccc(S(=O)(=O)N(CC(=O)NCc2ccc3ccccc3c2)c2ccc(C(C)C)cc2)cc1. The van der Waals surface area contributed by atoms with Crippen molar-refractivity contribution in [2.24, 2.45) is 0 Å². The van der Waals surface area contributed by atoms with Crippen LogP contribution in [0.2, 0.25) is 0 Å². The Bertz CT molecular complexity index is 1430. The second-order valence-corrected chi connectivity index (χ2v) is 10.9. The highest BCUT2D eigenvalue weighted by Gasteiger charge is 2.27. The van der Waals surface area contributed by atoms with Crippen molar-refractivity contribution in [3.63, 3.8) is 0 Å². The highest BCUT2D eigenvalue weighted by atomic mass is 32.2. The minimum absolute atomic E-state index is 0.151. The number of hydrogen-bond donors (Lipinski definition) is 1. The average molecular weight is 487 g/mol. The van der Waals surface area contributed by atoms with Gasteiger partial charge in [0.05, 0.1) is 10.6 Å². The highest BCUT2D eigenvalue weighted by Crippen LogP contribution is 2.26. The van der Waals surface area contributed by atoms with E-state index in [9.17, 15) is 13.2 Å². The van der Waals surface area contributed by atoms with Gasteiger partial charge in [0, 0.05) is 6.54 Å². The first-order valence-corrected chi connectivity index (χ1v) is 13.1. The summed E-state index contributed by atoms with van der Waals surface area (Å²) in [7, 11) is -3.94. The Balaban J connectivity index is 1.57. The van der Waals surface area contributed by atoms with Crippen molar-refractivity contribution in [2.75, 3.05) is 10.8 Å². The molecular weight excluding hydrogens is 456 g/mol. The zero-order chi connectivity index (χ0) is 25.0. The molecule has 6 heteroatoms. The number of anilines is 1. The lowest BCUT2D eigenvalue weighted by atomic mass is 10.0. The molecule has 5 nitrogen and oxygen atoms in total. The molecule has 0 saturated carbocycles. The summed E-state index contributed by atoms with van der Waals surface area (Å²) in [5.41, 5.74) is 3.47. The standard InChI is InChI=1S/C29H30N2O3S/c1-21(2)24-12-14-27(15-13-24)31(35(33,34)28-16-8-22(3)9-17-28)20-29(32)30-19-23-10-11-25-6-4-5-7-26(25)18-23/h4-18,21H,19-20H2,1-3H3,(H,30,32). The second-order valence-electron chi connectivity index (χ2n) is 9.03. The second kappa shape index (κ2) is 10.3. The lowest BCUT2D eigenvalue weighted by Crippen LogP contribution is -2.40. The third-order valence-corrected chi connectivity index (χ3v) is 7.84. The highest BCUT2D eigenvalue weighted by molar-refractivity contribution is 7.92. The third kappa shape index (κ3) is 5.72. The van der Waals surface area contributed by atoms with Gasteiger partial charge in [0.25, 0.3) is 10.0 Å². The molecule has 180 valence electrons. The van der Waals surface area contributed by atoms with Crippen LogP contribution in [0, 0.1) is 6.92 Å². The summed E-state index contributed by atoms with van der Waals surface area (Å²) in [6.07, 6.45) is 0. The molecule has 4 aromatic carbocycles. The first kappa shape index (κ1) is 24.5. The van der Waals surface area contributed by atoms with Crippen molar-refractivity contribution < 1.29 is 13.2 Å². The number of nitrogens with zero attached hydrogens (tertiary/aromatic N) is 1. The molecule has 0 heterocycles. The van der Waals surface area contributed by atoms with E-state index < -0.39 is 10.0 Å². The number of amides is 1. The molecule has 4 rings (SSSR count). The summed E-state index contributed by atoms with van der Waals surface area (Å²) in [6, 6.07) is 28.0. The Kier molecular flexibility index (Phi) is 7.22. The molecule has 0 saturated heterocycles. The number of nitrogens with one attached hydrogen (secondary N) is 1. The summed E-state index contributed by atoms with van der Waals surface area (Å²) >= 11 is 0. The van der Waals surface area contributed by atoms with Gasteiger partial charge in [0.1, 0.15) is 6.54 Å². The van der Waals surface area contributed by atoms with Crippen LogP contribution in [0.5, 0.6) is 0 Å². The van der Waals surface area contributed by atoms with Crippen molar-refractivity contribution in [3.8, 4) is 0 Å². The third-order valence-electron chi connectivity index (χ3n) is 6.05. The van der Waals surface area contributed by atoms with E-state index in [1.165, 1.54) is 4.31 Å². The van der Waals surface area contributed by atoms with Crippen LogP contribution < -0.4 is 9.62 Å². The van der Waals surface area contributed by atoms with Crippen LogP contribution in [0.25, 0.3) is 10.8 Å². The predicted molar refractivity (Wildman–Crippen MR) is 142 cm³/mol. The summed E-state index contributed by atoms with van der Waals surface area (Å²) < 4.78 is 28.3. The molecular formula is C29H30N2O3S. The number of sulfonamides is 1. The van der Waals surface area contributed by atoms with E-state index >= 15 is 0 Å². The molecule has 0 aromatic heterocycles. The number of aryl methyl sites for hydroxylation is 1. The normalized spacial score (nSPS) is 11.5. The minimum atomic E-state index is -3.94. The smallest absolute Gasteiger partial charge is 0.264 e. The van der Waals surface area contributed by atoms with Crippen LogP contribution in [0.1, 0.15) is 36.5 Å². The number of carbonyl (C=O) groups excluding carboxylic acids is 1. The lowest BCUT2D eigenvalue weighted by Gasteiger charge is -2.24. The summed E-state index contributed by atoms with van der Waals surface area (Å²) in [6.45, 7) is 6.06. The van der Waals surface area contributed by atoms with Gasteiger partial charge in [-0.2, -0.15) is 0 Å². The maximum Gasteiger partial charge on any atom is 0.264 e. The maximum atomic E-state index is 13.6.